The molecule has 1 fully saturated rings. The van der Waals surface area contributed by atoms with Gasteiger partial charge in [-0.25, -0.2) is 9.78 Å². The van der Waals surface area contributed by atoms with E-state index in [4.69, 9.17) is 0 Å². The monoisotopic (exact) mass is 513 g/mol. The first-order valence-corrected chi connectivity index (χ1v) is 11.7. The van der Waals surface area contributed by atoms with Crippen LogP contribution < -0.4 is 0 Å². The number of H-pyrrole nitrogens is 1. The molecule has 5 nitrogen and oxygen atoms in total. The van der Waals surface area contributed by atoms with E-state index in [2.05, 4.69) is 14.8 Å². The van der Waals surface area contributed by atoms with Gasteiger partial charge in [-0.05, 0) is 41.2 Å². The molecule has 3 aromatic rings. The number of alkyl halides is 6. The van der Waals surface area contributed by atoms with Crippen molar-refractivity contribution in [2.45, 2.75) is 57.4 Å². The molecule has 4 rings (SSSR count). The van der Waals surface area contributed by atoms with E-state index in [1.165, 1.54) is 36.7 Å². The molecule has 1 aliphatic carbocycles. The first kappa shape index (κ1) is 26.0. The van der Waals surface area contributed by atoms with E-state index in [0.29, 0.717) is 23.4 Å². The highest BCUT2D eigenvalue weighted by Gasteiger charge is 2.42. The van der Waals surface area contributed by atoms with Crippen molar-refractivity contribution in [1.82, 2.24) is 15.0 Å². The molecule has 0 unspecified atom stereocenters. The highest BCUT2D eigenvalue weighted by Crippen LogP contribution is 2.39. The van der Waals surface area contributed by atoms with Gasteiger partial charge < -0.3 is 9.82 Å². The topological polar surface area (TPSA) is 58.2 Å². The van der Waals surface area contributed by atoms with E-state index in [9.17, 15) is 31.1 Å². The summed E-state index contributed by atoms with van der Waals surface area (Å²) in [5.74, 6) is -1.95. The number of carbonyl (C=O) groups excluding carboxylic acids is 1. The largest absolute Gasteiger partial charge is 0.492 e. The van der Waals surface area contributed by atoms with Crippen molar-refractivity contribution in [3.63, 3.8) is 0 Å². The predicted molar refractivity (Wildman–Crippen MR) is 120 cm³/mol. The quantitative estimate of drug-likeness (QED) is 0.272. The standard InChI is InChI=1S/C25H25F6N3O2/c26-24(27,28)20-13-22-21(32-15-33-22)12-19(20)18-8-6-17(7-9-18)14-34(36-23(35)25(29,30)31)11-10-16-4-2-1-3-5-16/h6-9,12-13,15-16H,1-5,10-11,14H2,(H,32,33). The lowest BCUT2D eigenvalue weighted by Crippen LogP contribution is -2.35. The summed E-state index contributed by atoms with van der Waals surface area (Å²) in [6.45, 7) is 0.00346. The van der Waals surface area contributed by atoms with E-state index in [1.54, 1.807) is 0 Å². The molecule has 0 radical (unpaired) electrons. The minimum Gasteiger partial charge on any atom is -0.360 e. The average molecular weight is 513 g/mol. The molecular formula is C25H25F6N3O2. The molecule has 0 bridgehead atoms. The number of fused-ring (bicyclic) bond motifs is 1. The Morgan fingerprint density at radius 3 is 2.36 bits per heavy atom. The number of rotatable bonds is 7. The fourth-order valence-electron chi connectivity index (χ4n) is 4.58. The Bertz CT molecular complexity index is 1180. The number of imidazole rings is 1. The Balaban J connectivity index is 1.53. The lowest BCUT2D eigenvalue weighted by atomic mass is 9.87. The van der Waals surface area contributed by atoms with Crippen molar-refractivity contribution in [1.29, 1.82) is 0 Å². The van der Waals surface area contributed by atoms with Gasteiger partial charge >= 0.3 is 18.3 Å². The second kappa shape index (κ2) is 10.5. The zero-order valence-electron chi connectivity index (χ0n) is 19.3. The first-order valence-electron chi connectivity index (χ1n) is 11.7. The molecule has 1 aromatic heterocycles. The van der Waals surface area contributed by atoms with Gasteiger partial charge in [0.2, 0.25) is 0 Å². The van der Waals surface area contributed by atoms with E-state index in [0.717, 1.165) is 43.2 Å². The van der Waals surface area contributed by atoms with Gasteiger partial charge in [0.15, 0.2) is 0 Å². The third-order valence-corrected chi connectivity index (χ3v) is 6.44. The van der Waals surface area contributed by atoms with Gasteiger partial charge in [-0.1, -0.05) is 56.4 Å². The van der Waals surface area contributed by atoms with Crippen molar-refractivity contribution in [2.75, 3.05) is 6.54 Å². The maximum atomic E-state index is 13.7. The molecule has 0 amide bonds. The van der Waals surface area contributed by atoms with Crippen LogP contribution in [0.3, 0.4) is 0 Å². The number of hydrogen-bond acceptors (Lipinski definition) is 4. The number of hydroxylamine groups is 2. The smallest absolute Gasteiger partial charge is 0.360 e. The van der Waals surface area contributed by atoms with Crippen molar-refractivity contribution in [3.05, 3.63) is 53.9 Å². The Morgan fingerprint density at radius 1 is 1.03 bits per heavy atom. The zero-order chi connectivity index (χ0) is 25.9. The second-order valence-electron chi connectivity index (χ2n) is 9.04. The lowest BCUT2D eigenvalue weighted by molar-refractivity contribution is -0.241. The molecule has 0 spiro atoms. The van der Waals surface area contributed by atoms with Crippen molar-refractivity contribution < 1.29 is 36.0 Å². The summed E-state index contributed by atoms with van der Waals surface area (Å²) in [5, 5.41) is 0.983. The van der Waals surface area contributed by atoms with Crippen LogP contribution in [-0.4, -0.2) is 33.7 Å². The molecular weight excluding hydrogens is 488 g/mol. The maximum Gasteiger partial charge on any atom is 0.492 e. The molecule has 1 N–H and O–H groups in total. The number of aromatic amines is 1. The molecule has 194 valence electrons. The third-order valence-electron chi connectivity index (χ3n) is 6.44. The van der Waals surface area contributed by atoms with Gasteiger partial charge in [-0.15, -0.1) is 5.06 Å². The van der Waals surface area contributed by atoms with E-state index in [1.807, 2.05) is 0 Å². The van der Waals surface area contributed by atoms with Crippen LogP contribution in [0.4, 0.5) is 26.3 Å². The van der Waals surface area contributed by atoms with E-state index < -0.39 is 23.9 Å². The number of nitrogens with zero attached hydrogens (tertiary/aromatic N) is 2. The number of benzene rings is 2. The highest BCUT2D eigenvalue weighted by atomic mass is 19.4. The summed E-state index contributed by atoms with van der Waals surface area (Å²) in [5.41, 5.74) is 0.501. The summed E-state index contributed by atoms with van der Waals surface area (Å²) in [6.07, 6.45) is -2.61. The van der Waals surface area contributed by atoms with E-state index >= 15 is 0 Å². The van der Waals surface area contributed by atoms with Gasteiger partial charge in [-0.3, -0.25) is 0 Å². The van der Waals surface area contributed by atoms with Crippen molar-refractivity contribution in [2.24, 2.45) is 5.92 Å². The van der Waals surface area contributed by atoms with Gasteiger partial charge in [0.05, 0.1) is 29.5 Å². The highest BCUT2D eigenvalue weighted by molar-refractivity contribution is 5.84. The molecule has 1 heterocycles. The normalized spacial score (nSPS) is 15.5. The Hall–Kier alpha value is -3.08. The van der Waals surface area contributed by atoms with Crippen LogP contribution in [0, 0.1) is 5.92 Å². The predicted octanol–water partition coefficient (Wildman–Crippen LogP) is 7.04. The lowest BCUT2D eigenvalue weighted by Gasteiger charge is -2.26. The average Bonchev–Trinajstić information content (AvgIpc) is 3.29. The number of halogens is 6. The van der Waals surface area contributed by atoms with Gasteiger partial charge in [0, 0.05) is 6.54 Å². The summed E-state index contributed by atoms with van der Waals surface area (Å²) in [7, 11) is 0. The number of carbonyl (C=O) groups is 1. The number of nitrogens with one attached hydrogen (secondary N) is 1. The summed E-state index contributed by atoms with van der Waals surface area (Å²) < 4.78 is 79.5. The van der Waals surface area contributed by atoms with Gasteiger partial charge in [-0.2, -0.15) is 26.3 Å². The minimum absolute atomic E-state index is 0.0524. The minimum atomic E-state index is -5.13. The van der Waals surface area contributed by atoms with Crippen LogP contribution in [0.25, 0.3) is 22.2 Å². The van der Waals surface area contributed by atoms with Crippen LogP contribution in [0.5, 0.6) is 0 Å². The molecule has 0 saturated heterocycles. The second-order valence-corrected chi connectivity index (χ2v) is 9.04. The van der Waals surface area contributed by atoms with Gasteiger partial charge in [0.1, 0.15) is 0 Å². The Kier molecular flexibility index (Phi) is 7.58. The Labute approximate surface area is 203 Å². The molecule has 2 aromatic carbocycles. The summed E-state index contributed by atoms with van der Waals surface area (Å²) in [6, 6.07) is 8.30. The van der Waals surface area contributed by atoms with Gasteiger partial charge in [0.25, 0.3) is 0 Å². The molecule has 0 atom stereocenters. The molecule has 11 heteroatoms. The molecule has 1 aliphatic rings. The van der Waals surface area contributed by atoms with Crippen LogP contribution in [0.15, 0.2) is 42.7 Å². The van der Waals surface area contributed by atoms with Crippen LogP contribution in [-0.2, 0) is 22.4 Å². The Morgan fingerprint density at radius 2 is 1.72 bits per heavy atom. The van der Waals surface area contributed by atoms with Crippen LogP contribution in [0.2, 0.25) is 0 Å². The van der Waals surface area contributed by atoms with Crippen LogP contribution in [0.1, 0.15) is 49.7 Å². The molecule has 0 aliphatic heterocycles. The number of hydrogen-bond donors (Lipinski definition) is 1. The third kappa shape index (κ3) is 6.37. The summed E-state index contributed by atoms with van der Waals surface area (Å²) in [4.78, 5) is 22.8. The number of aromatic nitrogens is 2. The van der Waals surface area contributed by atoms with Crippen LogP contribution >= 0.6 is 0 Å². The maximum absolute atomic E-state index is 13.7. The fourth-order valence-corrected chi connectivity index (χ4v) is 4.58. The first-order chi connectivity index (χ1) is 17.0. The van der Waals surface area contributed by atoms with Crippen molar-refractivity contribution >= 4 is 17.0 Å². The molecule has 36 heavy (non-hydrogen) atoms. The fraction of sp³-hybridized carbons (Fsp3) is 0.440. The SMILES string of the molecule is O=C(ON(CCC1CCCCC1)Cc1ccc(-c2cc3[nH]cnc3cc2C(F)(F)F)cc1)C(F)(F)F. The van der Waals surface area contributed by atoms with E-state index in [-0.39, 0.29) is 29.7 Å². The zero-order valence-corrected chi connectivity index (χ0v) is 19.3. The summed E-state index contributed by atoms with van der Waals surface area (Å²) >= 11 is 0. The molecule has 1 saturated carbocycles. The van der Waals surface area contributed by atoms with Crippen molar-refractivity contribution in [3.8, 4) is 11.1 Å².